The van der Waals surface area contributed by atoms with E-state index in [1.165, 1.54) is 212 Å². The Morgan fingerprint density at radius 1 is 0.243 bits per heavy atom. The predicted octanol–water partition coefficient (Wildman–Crippen LogP) is 12.6. The summed E-state index contributed by atoms with van der Waals surface area (Å²) in [6, 6.07) is 11.1. The molecule has 12 nitrogen and oxygen atoms in total. The fraction of sp³-hybridized carbons (Fsp3) is 0.581. The van der Waals surface area contributed by atoms with Crippen LogP contribution in [-0.2, 0) is 13.1 Å². The van der Waals surface area contributed by atoms with Gasteiger partial charge in [-0.15, -0.1) is 0 Å². The lowest BCUT2D eigenvalue weighted by atomic mass is 10.0. The van der Waals surface area contributed by atoms with Crippen LogP contribution >= 0.6 is 0 Å². The molecule has 3 aromatic carbocycles. The third-order valence-electron chi connectivity index (χ3n) is 15.8. The van der Waals surface area contributed by atoms with Gasteiger partial charge in [-0.1, -0.05) is 206 Å². The number of fused-ring (bicyclic) bond motifs is 4. The quantitative estimate of drug-likeness (QED) is 0.0352. The van der Waals surface area contributed by atoms with Gasteiger partial charge in [-0.05, 0) is 61.4 Å². The molecule has 0 aliphatic carbocycles. The first-order valence-corrected chi connectivity index (χ1v) is 29.0. The average molecular weight is 1010 g/mol. The minimum Gasteiger partial charge on any atom is -0.274 e. The van der Waals surface area contributed by atoms with Crippen LogP contribution in [0.25, 0.3) is 54.5 Å². The SMILES string of the molecule is CCCCCCCCCCCCCCCCCCn1c(=O)c2cc3c(=O)n(-c4ccc(-n5c(=O)c6cc7c(=O)n(CCCCCCCCCCCCCCCCCC)c(=O)c7cc6c5=O)cc4)c(=O)c3cc2c1=O. The molecule has 7 rings (SSSR count). The number of hydrogen-bond donors (Lipinski definition) is 0. The maximum absolute atomic E-state index is 13.8. The van der Waals surface area contributed by atoms with E-state index in [0.717, 1.165) is 47.7 Å². The lowest BCUT2D eigenvalue weighted by Gasteiger charge is -2.04. The summed E-state index contributed by atoms with van der Waals surface area (Å²) >= 11 is 0. The summed E-state index contributed by atoms with van der Waals surface area (Å²) in [5, 5.41) is 0.485. The summed E-state index contributed by atoms with van der Waals surface area (Å²) in [7, 11) is 0. The van der Waals surface area contributed by atoms with Crippen molar-refractivity contribution in [3.05, 3.63) is 131 Å². The Morgan fingerprint density at radius 3 is 0.622 bits per heavy atom. The largest absolute Gasteiger partial charge is 0.274 e. The summed E-state index contributed by atoms with van der Waals surface area (Å²) < 4.78 is 4.33. The first-order chi connectivity index (χ1) is 36.1. The number of aromatic nitrogens is 4. The van der Waals surface area contributed by atoms with E-state index in [1.54, 1.807) is 0 Å². The van der Waals surface area contributed by atoms with Crippen molar-refractivity contribution in [3.8, 4) is 11.4 Å². The number of unbranched alkanes of at least 4 members (excludes halogenated alkanes) is 30. The van der Waals surface area contributed by atoms with Crippen molar-refractivity contribution in [2.45, 2.75) is 232 Å². The normalized spacial score (nSPS) is 12.0. The van der Waals surface area contributed by atoms with Crippen molar-refractivity contribution in [1.29, 1.82) is 0 Å². The van der Waals surface area contributed by atoms with Crippen LogP contribution in [0.2, 0.25) is 0 Å². The molecule has 0 radical (unpaired) electrons. The van der Waals surface area contributed by atoms with Crippen molar-refractivity contribution >= 4 is 43.1 Å². The molecule has 0 saturated carbocycles. The molecule has 0 unspecified atom stereocenters. The summed E-state index contributed by atoms with van der Waals surface area (Å²) in [5.41, 5.74) is -4.20. The smallest absolute Gasteiger partial charge is 0.266 e. The van der Waals surface area contributed by atoms with Crippen LogP contribution in [0.15, 0.2) is 86.9 Å². The van der Waals surface area contributed by atoms with E-state index in [0.29, 0.717) is 12.8 Å². The molecular formula is C62H82N4O8. The van der Waals surface area contributed by atoms with E-state index in [9.17, 15) is 38.4 Å². The topological polar surface area (TPSA) is 156 Å². The van der Waals surface area contributed by atoms with Gasteiger partial charge in [0, 0.05) is 13.1 Å². The third-order valence-corrected chi connectivity index (χ3v) is 15.8. The number of benzene rings is 3. The molecule has 398 valence electrons. The molecule has 7 aromatic rings. The first kappa shape index (κ1) is 56.0. The van der Waals surface area contributed by atoms with Crippen molar-refractivity contribution in [2.24, 2.45) is 0 Å². The highest BCUT2D eigenvalue weighted by Crippen LogP contribution is 2.21. The fourth-order valence-electron chi connectivity index (χ4n) is 11.3. The molecule has 4 heterocycles. The van der Waals surface area contributed by atoms with Gasteiger partial charge in [0.05, 0.1) is 54.5 Å². The molecule has 0 aliphatic rings. The third kappa shape index (κ3) is 13.5. The summed E-state index contributed by atoms with van der Waals surface area (Å²) in [6.07, 6.45) is 39.1. The second-order valence-electron chi connectivity index (χ2n) is 21.4. The van der Waals surface area contributed by atoms with Gasteiger partial charge in [-0.3, -0.25) is 47.5 Å². The van der Waals surface area contributed by atoms with Crippen LogP contribution in [0.5, 0.6) is 0 Å². The van der Waals surface area contributed by atoms with Gasteiger partial charge >= 0.3 is 0 Å². The molecule has 0 amide bonds. The molecule has 12 heteroatoms. The van der Waals surface area contributed by atoms with Gasteiger partial charge in [0.2, 0.25) is 0 Å². The molecular weight excluding hydrogens is 929 g/mol. The Balaban J connectivity index is 0.908. The van der Waals surface area contributed by atoms with Crippen LogP contribution in [0, 0.1) is 0 Å². The maximum Gasteiger partial charge on any atom is 0.266 e. The highest BCUT2D eigenvalue weighted by atomic mass is 16.2. The summed E-state index contributed by atoms with van der Waals surface area (Å²) in [5.74, 6) is 0. The number of rotatable bonds is 36. The maximum atomic E-state index is 13.8. The molecule has 0 N–H and O–H groups in total. The molecule has 74 heavy (non-hydrogen) atoms. The Morgan fingerprint density at radius 2 is 0.419 bits per heavy atom. The van der Waals surface area contributed by atoms with Crippen LogP contribution in [-0.4, -0.2) is 18.3 Å². The molecule has 4 aromatic heterocycles. The van der Waals surface area contributed by atoms with Gasteiger partial charge in [-0.25, -0.2) is 9.13 Å². The molecule has 0 aliphatic heterocycles. The Kier molecular flexibility index (Phi) is 21.3. The van der Waals surface area contributed by atoms with Crippen LogP contribution in [0.3, 0.4) is 0 Å². The predicted molar refractivity (Wildman–Crippen MR) is 305 cm³/mol. The summed E-state index contributed by atoms with van der Waals surface area (Å²) in [4.78, 5) is 109. The standard InChI is InChI=1S/C62H82N4O8/c1-3-5-7-9-11-13-15-17-19-21-23-25-27-29-31-33-39-63-55(67)47-41-51-52(42-48(47)56(63)68)60(72)65(59(51)71)45-35-37-46(38-36-45)66-61(73)53-43-49-50(44-54(53)62(66)74)58(70)64(57(49)69)40-34-32-30-28-26-24-22-20-18-16-14-12-10-8-6-4-2/h35-38,41-44H,3-34,39-40H2,1-2H3. The number of hydrogen-bond acceptors (Lipinski definition) is 8. The van der Waals surface area contributed by atoms with Crippen molar-refractivity contribution in [2.75, 3.05) is 0 Å². The van der Waals surface area contributed by atoms with Crippen molar-refractivity contribution < 1.29 is 0 Å². The highest BCUT2D eigenvalue weighted by Gasteiger charge is 2.23. The van der Waals surface area contributed by atoms with Gasteiger partial charge in [-0.2, -0.15) is 0 Å². The zero-order valence-electron chi connectivity index (χ0n) is 44.7. The number of nitrogens with zero attached hydrogens (tertiary/aromatic N) is 4. The van der Waals surface area contributed by atoms with Crippen LogP contribution in [0.4, 0.5) is 0 Å². The summed E-state index contributed by atoms with van der Waals surface area (Å²) in [6.45, 7) is 5.06. The molecule has 0 saturated heterocycles. The highest BCUT2D eigenvalue weighted by molar-refractivity contribution is 5.99. The Bertz CT molecular complexity index is 2970. The van der Waals surface area contributed by atoms with Gasteiger partial charge in [0.1, 0.15) is 0 Å². The van der Waals surface area contributed by atoms with Crippen molar-refractivity contribution in [3.63, 3.8) is 0 Å². The first-order valence-electron chi connectivity index (χ1n) is 29.0. The monoisotopic (exact) mass is 1010 g/mol. The lowest BCUT2D eigenvalue weighted by molar-refractivity contribution is 0.518. The molecule has 0 spiro atoms. The minimum absolute atomic E-state index is 0.0179. The van der Waals surface area contributed by atoms with E-state index in [-0.39, 0.29) is 67.6 Å². The van der Waals surface area contributed by atoms with E-state index >= 15 is 0 Å². The van der Waals surface area contributed by atoms with Crippen LogP contribution in [0.1, 0.15) is 219 Å². The van der Waals surface area contributed by atoms with Gasteiger partial charge in [0.25, 0.3) is 44.5 Å². The zero-order valence-corrected chi connectivity index (χ0v) is 44.7. The van der Waals surface area contributed by atoms with Crippen molar-refractivity contribution in [1.82, 2.24) is 18.3 Å². The Hall–Kier alpha value is -5.78. The van der Waals surface area contributed by atoms with E-state index in [1.807, 2.05) is 0 Å². The second kappa shape index (κ2) is 28.2. The van der Waals surface area contributed by atoms with Gasteiger partial charge in [0.15, 0.2) is 0 Å². The molecule has 0 bridgehead atoms. The van der Waals surface area contributed by atoms with E-state index in [4.69, 9.17) is 0 Å². The van der Waals surface area contributed by atoms with E-state index in [2.05, 4.69) is 13.8 Å². The molecule has 0 fully saturated rings. The Labute approximate surface area is 434 Å². The molecule has 0 atom stereocenters. The minimum atomic E-state index is -0.662. The van der Waals surface area contributed by atoms with Gasteiger partial charge < -0.3 is 0 Å². The lowest BCUT2D eigenvalue weighted by Crippen LogP contribution is -2.26. The second-order valence-corrected chi connectivity index (χ2v) is 21.4. The fourth-order valence-corrected chi connectivity index (χ4v) is 11.3. The van der Waals surface area contributed by atoms with E-state index < -0.39 is 44.5 Å². The van der Waals surface area contributed by atoms with Crippen LogP contribution < -0.4 is 44.5 Å². The average Bonchev–Trinajstić information content (AvgIpc) is 3.99. The zero-order chi connectivity index (χ0) is 52.4.